The van der Waals surface area contributed by atoms with Crippen molar-refractivity contribution in [2.45, 2.75) is 17.6 Å². The van der Waals surface area contributed by atoms with Gasteiger partial charge in [0.25, 0.3) is 5.91 Å². The number of carboxylic acids is 1. The third kappa shape index (κ3) is 6.23. The van der Waals surface area contributed by atoms with Crippen molar-refractivity contribution in [1.82, 2.24) is 15.0 Å². The molecule has 0 aliphatic rings. The molecule has 0 aliphatic carbocycles. The third-order valence-electron chi connectivity index (χ3n) is 4.23. The number of aromatic nitrogens is 3. The number of thioether (sulfide) groups is 1. The number of amides is 1. The maximum Gasteiger partial charge on any atom is 0.326 e. The van der Waals surface area contributed by atoms with E-state index in [1.165, 1.54) is 30.2 Å². The lowest BCUT2D eigenvalue weighted by Gasteiger charge is -2.16. The van der Waals surface area contributed by atoms with Crippen LogP contribution in [0.2, 0.25) is 15.2 Å². The summed E-state index contributed by atoms with van der Waals surface area (Å²) >= 11 is 19.3. The summed E-state index contributed by atoms with van der Waals surface area (Å²) in [4.78, 5) is 36.3. The first-order valence-corrected chi connectivity index (χ1v) is 11.4. The zero-order valence-corrected chi connectivity index (χ0v) is 19.6. The molecule has 166 valence electrons. The second-order valence-corrected chi connectivity index (χ2v) is 8.41. The second-order valence-electron chi connectivity index (χ2n) is 6.43. The lowest BCUT2D eigenvalue weighted by Crippen LogP contribution is -2.32. The van der Waals surface area contributed by atoms with Gasteiger partial charge in [0.1, 0.15) is 17.0 Å². The summed E-state index contributed by atoms with van der Waals surface area (Å²) in [6.45, 7) is 0. The molecule has 0 spiro atoms. The molecule has 0 bridgehead atoms. The Bertz CT molecular complexity index is 1130. The first-order chi connectivity index (χ1) is 15.3. The summed E-state index contributed by atoms with van der Waals surface area (Å²) in [6.07, 6.45) is 4.68. The van der Waals surface area contributed by atoms with Crippen LogP contribution < -0.4 is 10.6 Å². The minimum atomic E-state index is -1.06. The number of aliphatic carboxylic acids is 1. The Morgan fingerprint density at radius 3 is 2.34 bits per heavy atom. The van der Waals surface area contributed by atoms with Gasteiger partial charge in [0.05, 0.1) is 15.7 Å². The number of benzene rings is 1. The SMILES string of the molecule is CSc1nc(Cl)cc(NC(Cc2ccc(C(=O)Nc3c(Cl)cncc3Cl)cc2)C(=O)O)n1. The van der Waals surface area contributed by atoms with E-state index >= 15 is 0 Å². The fraction of sp³-hybridized carbons (Fsp3) is 0.150. The van der Waals surface area contributed by atoms with Crippen LogP contribution in [0.1, 0.15) is 15.9 Å². The summed E-state index contributed by atoms with van der Waals surface area (Å²) in [5, 5.41) is 16.2. The minimum Gasteiger partial charge on any atom is -0.480 e. The van der Waals surface area contributed by atoms with E-state index in [1.807, 2.05) is 0 Å². The number of hydrogen-bond donors (Lipinski definition) is 3. The fourth-order valence-electron chi connectivity index (χ4n) is 2.68. The summed E-state index contributed by atoms with van der Waals surface area (Å²) in [7, 11) is 0. The van der Waals surface area contributed by atoms with E-state index < -0.39 is 17.9 Å². The zero-order valence-electron chi connectivity index (χ0n) is 16.5. The molecule has 0 fully saturated rings. The number of halogens is 3. The van der Waals surface area contributed by atoms with Crippen molar-refractivity contribution in [3.05, 3.63) is 69.1 Å². The monoisotopic (exact) mass is 511 g/mol. The van der Waals surface area contributed by atoms with Crippen molar-refractivity contribution in [2.75, 3.05) is 16.9 Å². The summed E-state index contributed by atoms with van der Waals surface area (Å²) in [5.74, 6) is -1.17. The maximum absolute atomic E-state index is 12.5. The van der Waals surface area contributed by atoms with Crippen LogP contribution in [0, 0.1) is 0 Å². The Kier molecular flexibility index (Phi) is 8.14. The van der Waals surface area contributed by atoms with Crippen molar-refractivity contribution in [1.29, 1.82) is 0 Å². The highest BCUT2D eigenvalue weighted by molar-refractivity contribution is 7.98. The highest BCUT2D eigenvalue weighted by atomic mass is 35.5. The number of nitrogens with zero attached hydrogens (tertiary/aromatic N) is 3. The number of anilines is 2. The molecule has 3 aromatic rings. The van der Waals surface area contributed by atoms with Crippen LogP contribution in [0.4, 0.5) is 11.5 Å². The summed E-state index contributed by atoms with van der Waals surface area (Å²) in [6, 6.07) is 7.00. The Balaban J connectivity index is 1.71. The Morgan fingerprint density at radius 1 is 1.09 bits per heavy atom. The molecule has 0 saturated heterocycles. The molecule has 32 heavy (non-hydrogen) atoms. The fourth-order valence-corrected chi connectivity index (χ4v) is 3.76. The van der Waals surface area contributed by atoms with Gasteiger partial charge in [-0.1, -0.05) is 58.7 Å². The molecule has 0 radical (unpaired) electrons. The van der Waals surface area contributed by atoms with Crippen molar-refractivity contribution in [2.24, 2.45) is 0 Å². The van der Waals surface area contributed by atoms with Gasteiger partial charge in [-0.3, -0.25) is 9.78 Å². The van der Waals surface area contributed by atoms with E-state index in [1.54, 1.807) is 30.5 Å². The quantitative estimate of drug-likeness (QED) is 0.221. The van der Waals surface area contributed by atoms with Crippen LogP contribution in [-0.4, -0.2) is 44.2 Å². The standard InChI is InChI=1S/C20H16Cl3N5O3S/c1-32-20-26-15(23)7-16(27-20)25-14(19(30)31)6-10-2-4-11(5-3-10)18(29)28-17-12(21)8-24-9-13(17)22/h2-5,7-9,14H,6H2,1H3,(H,30,31)(H,24,28,29)(H,25,26,27). The number of hydrogen-bond acceptors (Lipinski definition) is 7. The molecule has 8 nitrogen and oxygen atoms in total. The molecule has 0 saturated carbocycles. The van der Waals surface area contributed by atoms with Crippen LogP contribution in [0.25, 0.3) is 0 Å². The summed E-state index contributed by atoms with van der Waals surface area (Å²) < 4.78 is 0. The molecular weight excluding hydrogens is 497 g/mol. The normalized spacial score (nSPS) is 11.6. The lowest BCUT2D eigenvalue weighted by molar-refractivity contribution is -0.137. The third-order valence-corrected chi connectivity index (χ3v) is 5.54. The minimum absolute atomic E-state index is 0.148. The van der Waals surface area contributed by atoms with E-state index in [4.69, 9.17) is 34.8 Å². The van der Waals surface area contributed by atoms with E-state index in [-0.39, 0.29) is 27.3 Å². The van der Waals surface area contributed by atoms with Crippen molar-refractivity contribution in [3.8, 4) is 0 Å². The number of pyridine rings is 1. The molecule has 1 amide bonds. The van der Waals surface area contributed by atoms with E-state index in [0.717, 1.165) is 0 Å². The van der Waals surface area contributed by atoms with Gasteiger partial charge in [-0.2, -0.15) is 0 Å². The molecule has 1 unspecified atom stereocenters. The van der Waals surface area contributed by atoms with Crippen molar-refractivity contribution in [3.63, 3.8) is 0 Å². The average Bonchev–Trinajstić information content (AvgIpc) is 2.75. The highest BCUT2D eigenvalue weighted by Crippen LogP contribution is 2.29. The van der Waals surface area contributed by atoms with Crippen LogP contribution in [0.5, 0.6) is 0 Å². The Labute approximate surface area is 202 Å². The van der Waals surface area contributed by atoms with Gasteiger partial charge in [-0.05, 0) is 24.0 Å². The molecule has 1 aromatic carbocycles. The molecule has 2 heterocycles. The average molecular weight is 513 g/mol. The largest absolute Gasteiger partial charge is 0.480 e. The first kappa shape index (κ1) is 24.1. The highest BCUT2D eigenvalue weighted by Gasteiger charge is 2.20. The Hall–Kier alpha value is -2.59. The van der Waals surface area contributed by atoms with Gasteiger partial charge in [0.15, 0.2) is 5.16 Å². The Morgan fingerprint density at radius 2 is 1.75 bits per heavy atom. The van der Waals surface area contributed by atoms with Gasteiger partial charge in [-0.25, -0.2) is 14.8 Å². The molecule has 12 heteroatoms. The zero-order chi connectivity index (χ0) is 23.3. The lowest BCUT2D eigenvalue weighted by atomic mass is 10.0. The molecule has 2 aromatic heterocycles. The summed E-state index contributed by atoms with van der Waals surface area (Å²) in [5.41, 5.74) is 1.32. The van der Waals surface area contributed by atoms with Crippen molar-refractivity contribution >= 4 is 69.9 Å². The van der Waals surface area contributed by atoms with Crippen LogP contribution in [0.15, 0.2) is 47.9 Å². The molecule has 3 N–H and O–H groups in total. The van der Waals surface area contributed by atoms with Gasteiger partial charge in [0.2, 0.25) is 0 Å². The van der Waals surface area contributed by atoms with Crippen molar-refractivity contribution < 1.29 is 14.7 Å². The van der Waals surface area contributed by atoms with Gasteiger partial charge >= 0.3 is 5.97 Å². The molecular formula is C20H16Cl3N5O3S. The predicted octanol–water partition coefficient (Wildman–Crippen LogP) is 4.91. The second kappa shape index (κ2) is 10.8. The van der Waals surface area contributed by atoms with Crippen LogP contribution in [0.3, 0.4) is 0 Å². The van der Waals surface area contributed by atoms with E-state index in [0.29, 0.717) is 22.1 Å². The number of rotatable bonds is 8. The van der Waals surface area contributed by atoms with Gasteiger partial charge in [0, 0.05) is 30.4 Å². The predicted molar refractivity (Wildman–Crippen MR) is 126 cm³/mol. The van der Waals surface area contributed by atoms with E-state index in [9.17, 15) is 14.7 Å². The first-order valence-electron chi connectivity index (χ1n) is 9.04. The maximum atomic E-state index is 12.5. The van der Waals surface area contributed by atoms with Crippen LogP contribution in [-0.2, 0) is 11.2 Å². The molecule has 3 rings (SSSR count). The van der Waals surface area contributed by atoms with E-state index in [2.05, 4.69) is 25.6 Å². The topological polar surface area (TPSA) is 117 Å². The number of carbonyl (C=O) groups is 2. The van der Waals surface area contributed by atoms with Gasteiger partial charge < -0.3 is 15.7 Å². The molecule has 1 atom stereocenters. The number of carboxylic acid groups (broad SMARTS) is 1. The number of nitrogens with one attached hydrogen (secondary N) is 2. The molecule has 0 aliphatic heterocycles. The van der Waals surface area contributed by atoms with Crippen LogP contribution >= 0.6 is 46.6 Å². The number of carbonyl (C=O) groups excluding carboxylic acids is 1. The van der Waals surface area contributed by atoms with Gasteiger partial charge in [-0.15, -0.1) is 0 Å². The smallest absolute Gasteiger partial charge is 0.326 e.